The van der Waals surface area contributed by atoms with Gasteiger partial charge in [0, 0.05) is 50.5 Å². The number of amides is 2. The minimum absolute atomic E-state index is 0.219. The Morgan fingerprint density at radius 1 is 1.00 bits per heavy atom. The third-order valence-electron chi connectivity index (χ3n) is 4.00. The number of aromatic nitrogens is 2. The molecule has 0 spiro atoms. The number of halogens is 1. The molecule has 0 atom stereocenters. The Bertz CT molecular complexity index is 923. The van der Waals surface area contributed by atoms with Crippen LogP contribution in [-0.4, -0.2) is 26.7 Å². The second-order valence-electron chi connectivity index (χ2n) is 6.26. The molecule has 7 heteroatoms. The first-order chi connectivity index (χ1) is 13.5. The van der Waals surface area contributed by atoms with Crippen molar-refractivity contribution in [1.82, 2.24) is 14.9 Å². The summed E-state index contributed by atoms with van der Waals surface area (Å²) in [4.78, 5) is 34.6. The molecule has 0 saturated carbocycles. The van der Waals surface area contributed by atoms with Gasteiger partial charge in [-0.2, -0.15) is 0 Å². The number of rotatable bonds is 6. The lowest BCUT2D eigenvalue weighted by molar-refractivity contribution is -0.114. The minimum Gasteiger partial charge on any atom is -0.330 e. The molecule has 0 saturated heterocycles. The Balaban J connectivity index is 1.92. The van der Waals surface area contributed by atoms with E-state index in [-0.39, 0.29) is 11.8 Å². The number of anilines is 1. The van der Waals surface area contributed by atoms with Crippen LogP contribution in [0.15, 0.2) is 67.3 Å². The van der Waals surface area contributed by atoms with Crippen molar-refractivity contribution in [2.24, 2.45) is 0 Å². The van der Waals surface area contributed by atoms with Crippen molar-refractivity contribution in [3.8, 4) is 0 Å². The van der Waals surface area contributed by atoms with Gasteiger partial charge in [0.1, 0.15) is 0 Å². The van der Waals surface area contributed by atoms with Gasteiger partial charge >= 0.3 is 0 Å². The molecule has 6 nitrogen and oxygen atoms in total. The van der Waals surface area contributed by atoms with E-state index in [1.54, 1.807) is 47.9 Å². The summed E-state index contributed by atoms with van der Waals surface area (Å²) in [6, 6.07) is 12.3. The van der Waals surface area contributed by atoms with Crippen LogP contribution < -0.4 is 5.32 Å². The number of benzene rings is 1. The highest BCUT2D eigenvalue weighted by Crippen LogP contribution is 2.24. The molecular weight excluding hydrogens is 376 g/mol. The second kappa shape index (κ2) is 9.10. The van der Waals surface area contributed by atoms with E-state index in [0.29, 0.717) is 29.4 Å². The number of nitrogens with zero attached hydrogens (tertiary/aromatic N) is 3. The summed E-state index contributed by atoms with van der Waals surface area (Å²) >= 11 is 6.29. The standard InChI is InChI=1S/C21H19ClN4O2/c1-15(27)25-18-6-7-20(22)19(10-18)21(28)26(13-16-4-2-8-23-11-16)14-17-5-3-9-24-12-17/h2-12H,13-14H2,1H3,(H,25,27). The van der Waals surface area contributed by atoms with Crippen LogP contribution in [0.1, 0.15) is 28.4 Å². The highest BCUT2D eigenvalue weighted by molar-refractivity contribution is 6.34. The van der Waals surface area contributed by atoms with Gasteiger partial charge in [0.25, 0.3) is 5.91 Å². The van der Waals surface area contributed by atoms with Crippen LogP contribution in [0.2, 0.25) is 5.02 Å². The molecule has 0 unspecified atom stereocenters. The Labute approximate surface area is 168 Å². The van der Waals surface area contributed by atoms with E-state index in [4.69, 9.17) is 11.6 Å². The van der Waals surface area contributed by atoms with E-state index >= 15 is 0 Å². The highest BCUT2D eigenvalue weighted by atomic mass is 35.5. The Morgan fingerprint density at radius 3 is 2.11 bits per heavy atom. The monoisotopic (exact) mass is 394 g/mol. The quantitative estimate of drug-likeness (QED) is 0.687. The van der Waals surface area contributed by atoms with Gasteiger partial charge in [-0.25, -0.2) is 0 Å². The normalized spacial score (nSPS) is 10.4. The molecule has 3 aromatic rings. The molecule has 1 aromatic carbocycles. The fourth-order valence-electron chi connectivity index (χ4n) is 2.76. The van der Waals surface area contributed by atoms with Gasteiger partial charge in [0.15, 0.2) is 0 Å². The van der Waals surface area contributed by atoms with Crippen molar-refractivity contribution in [1.29, 1.82) is 0 Å². The summed E-state index contributed by atoms with van der Waals surface area (Å²) in [6.07, 6.45) is 6.81. The maximum Gasteiger partial charge on any atom is 0.256 e. The summed E-state index contributed by atoms with van der Waals surface area (Å²) in [5.74, 6) is -0.465. The van der Waals surface area contributed by atoms with Crippen molar-refractivity contribution in [2.45, 2.75) is 20.0 Å². The van der Waals surface area contributed by atoms with Gasteiger partial charge < -0.3 is 10.2 Å². The lowest BCUT2D eigenvalue weighted by Gasteiger charge is -2.23. The third-order valence-corrected chi connectivity index (χ3v) is 4.33. The zero-order valence-corrected chi connectivity index (χ0v) is 16.1. The maximum atomic E-state index is 13.3. The van der Waals surface area contributed by atoms with Gasteiger partial charge in [-0.15, -0.1) is 0 Å². The van der Waals surface area contributed by atoms with Crippen LogP contribution in [0.3, 0.4) is 0 Å². The smallest absolute Gasteiger partial charge is 0.256 e. The molecule has 2 aromatic heterocycles. The first-order valence-corrected chi connectivity index (χ1v) is 9.05. The van der Waals surface area contributed by atoms with Crippen molar-refractivity contribution in [2.75, 3.05) is 5.32 Å². The zero-order chi connectivity index (χ0) is 19.9. The molecule has 0 bridgehead atoms. The fraction of sp³-hybridized carbons (Fsp3) is 0.143. The molecule has 2 amide bonds. The van der Waals surface area contributed by atoms with Crippen molar-refractivity contribution >= 4 is 29.1 Å². The fourth-order valence-corrected chi connectivity index (χ4v) is 2.96. The second-order valence-corrected chi connectivity index (χ2v) is 6.67. The summed E-state index contributed by atoms with van der Waals surface area (Å²) < 4.78 is 0. The maximum absolute atomic E-state index is 13.3. The van der Waals surface area contributed by atoms with Gasteiger partial charge in [0.05, 0.1) is 10.6 Å². The molecular formula is C21H19ClN4O2. The predicted molar refractivity (Wildman–Crippen MR) is 108 cm³/mol. The Hall–Kier alpha value is -3.25. The Kier molecular flexibility index (Phi) is 6.34. The van der Waals surface area contributed by atoms with Gasteiger partial charge in [-0.3, -0.25) is 19.6 Å². The first kappa shape index (κ1) is 19.5. The largest absolute Gasteiger partial charge is 0.330 e. The van der Waals surface area contributed by atoms with Crippen LogP contribution >= 0.6 is 11.6 Å². The third kappa shape index (κ3) is 5.14. The summed E-state index contributed by atoms with van der Waals surface area (Å²) in [7, 11) is 0. The first-order valence-electron chi connectivity index (χ1n) is 8.67. The van der Waals surface area contributed by atoms with Crippen LogP contribution in [0.5, 0.6) is 0 Å². The molecule has 28 heavy (non-hydrogen) atoms. The van der Waals surface area contributed by atoms with Crippen LogP contribution in [0, 0.1) is 0 Å². The van der Waals surface area contributed by atoms with E-state index in [0.717, 1.165) is 11.1 Å². The molecule has 2 heterocycles. The summed E-state index contributed by atoms with van der Waals surface area (Å²) in [5, 5.41) is 3.00. The van der Waals surface area contributed by atoms with E-state index in [2.05, 4.69) is 15.3 Å². The molecule has 0 radical (unpaired) electrons. The van der Waals surface area contributed by atoms with E-state index < -0.39 is 0 Å². The average molecular weight is 395 g/mol. The average Bonchev–Trinajstić information content (AvgIpc) is 2.70. The Morgan fingerprint density at radius 2 is 1.61 bits per heavy atom. The molecule has 3 rings (SSSR count). The zero-order valence-electron chi connectivity index (χ0n) is 15.3. The highest BCUT2D eigenvalue weighted by Gasteiger charge is 2.20. The summed E-state index contributed by atoms with van der Waals surface area (Å²) in [5.41, 5.74) is 2.63. The number of hydrogen-bond donors (Lipinski definition) is 1. The van der Waals surface area contributed by atoms with Crippen LogP contribution in [0.4, 0.5) is 5.69 Å². The molecule has 0 fully saturated rings. The lowest BCUT2D eigenvalue weighted by Crippen LogP contribution is -2.30. The van der Waals surface area contributed by atoms with Crippen molar-refractivity contribution < 1.29 is 9.59 Å². The topological polar surface area (TPSA) is 75.2 Å². The minimum atomic E-state index is -0.245. The van der Waals surface area contributed by atoms with E-state index in [1.165, 1.54) is 6.92 Å². The van der Waals surface area contributed by atoms with Gasteiger partial charge in [-0.05, 0) is 41.5 Å². The van der Waals surface area contributed by atoms with E-state index in [1.807, 2.05) is 24.3 Å². The number of pyridine rings is 2. The summed E-state index contributed by atoms with van der Waals surface area (Å²) in [6.45, 7) is 2.14. The SMILES string of the molecule is CC(=O)Nc1ccc(Cl)c(C(=O)N(Cc2cccnc2)Cc2cccnc2)c1. The van der Waals surface area contributed by atoms with Crippen molar-refractivity contribution in [3.05, 3.63) is 89.0 Å². The number of carbonyl (C=O) groups excluding carboxylic acids is 2. The predicted octanol–water partition coefficient (Wildman–Crippen LogP) is 3.93. The number of nitrogens with one attached hydrogen (secondary N) is 1. The lowest BCUT2D eigenvalue weighted by atomic mass is 10.1. The van der Waals surface area contributed by atoms with Gasteiger partial charge in [0.2, 0.25) is 5.91 Å². The van der Waals surface area contributed by atoms with Gasteiger partial charge in [-0.1, -0.05) is 23.7 Å². The molecule has 0 aliphatic rings. The molecule has 0 aliphatic heterocycles. The van der Waals surface area contributed by atoms with Crippen LogP contribution in [0.25, 0.3) is 0 Å². The molecule has 142 valence electrons. The molecule has 0 aliphatic carbocycles. The van der Waals surface area contributed by atoms with Crippen LogP contribution in [-0.2, 0) is 17.9 Å². The number of hydrogen-bond acceptors (Lipinski definition) is 4. The number of carbonyl (C=O) groups is 2. The van der Waals surface area contributed by atoms with E-state index in [9.17, 15) is 9.59 Å². The van der Waals surface area contributed by atoms with Crippen molar-refractivity contribution in [3.63, 3.8) is 0 Å². The molecule has 1 N–H and O–H groups in total.